The van der Waals surface area contributed by atoms with Gasteiger partial charge in [0.25, 0.3) is 0 Å². The Bertz CT molecular complexity index is 383. The van der Waals surface area contributed by atoms with E-state index in [9.17, 15) is 0 Å². The molecule has 2 N–H and O–H groups in total. The highest BCUT2D eigenvalue weighted by molar-refractivity contribution is 5.89. The second-order valence-corrected chi connectivity index (χ2v) is 2.73. The van der Waals surface area contributed by atoms with Crippen LogP contribution in [0.15, 0.2) is 24.5 Å². The zero-order valence-electron chi connectivity index (χ0n) is 6.78. The van der Waals surface area contributed by atoms with Crippen molar-refractivity contribution in [1.29, 1.82) is 0 Å². The Kier molecular flexibility index (Phi) is 1.43. The Morgan fingerprint density at radius 2 is 2.17 bits per heavy atom. The van der Waals surface area contributed by atoms with Crippen LogP contribution in [-0.2, 0) is 0 Å². The first-order valence-electron chi connectivity index (χ1n) is 3.75. The second kappa shape index (κ2) is 2.44. The molecule has 0 aliphatic heterocycles. The Morgan fingerprint density at radius 3 is 2.92 bits per heavy atom. The van der Waals surface area contributed by atoms with Gasteiger partial charge < -0.3 is 5.73 Å². The van der Waals surface area contributed by atoms with Crippen LogP contribution in [0, 0.1) is 6.92 Å². The molecule has 0 aliphatic carbocycles. The number of hydrogen-bond donors (Lipinski definition) is 1. The molecule has 0 aliphatic rings. The van der Waals surface area contributed by atoms with Crippen LogP contribution in [0.4, 0.5) is 5.82 Å². The van der Waals surface area contributed by atoms with Crippen LogP contribution in [0.25, 0.3) is 10.9 Å². The highest BCUT2D eigenvalue weighted by Crippen LogP contribution is 2.18. The number of fused-ring (bicyclic) bond motifs is 1. The van der Waals surface area contributed by atoms with Crippen LogP contribution in [-0.4, -0.2) is 9.97 Å². The summed E-state index contributed by atoms with van der Waals surface area (Å²) in [5.74, 6) is 0.545. The molecule has 2 heterocycles. The number of nitrogens with zero attached hydrogens (tertiary/aromatic N) is 2. The van der Waals surface area contributed by atoms with Gasteiger partial charge in [0.1, 0.15) is 5.82 Å². The van der Waals surface area contributed by atoms with Gasteiger partial charge >= 0.3 is 0 Å². The molecule has 0 unspecified atom stereocenters. The third-order valence-corrected chi connectivity index (χ3v) is 1.85. The molecular formula is C9H9N3. The van der Waals surface area contributed by atoms with E-state index in [4.69, 9.17) is 5.73 Å². The minimum absolute atomic E-state index is 0.545. The van der Waals surface area contributed by atoms with Gasteiger partial charge in [0.05, 0.1) is 5.52 Å². The molecule has 2 rings (SSSR count). The van der Waals surface area contributed by atoms with Gasteiger partial charge in [-0.1, -0.05) is 0 Å². The summed E-state index contributed by atoms with van der Waals surface area (Å²) >= 11 is 0. The van der Waals surface area contributed by atoms with Crippen LogP contribution < -0.4 is 5.73 Å². The smallest absolute Gasteiger partial charge is 0.132 e. The van der Waals surface area contributed by atoms with Crippen molar-refractivity contribution in [1.82, 2.24) is 9.97 Å². The largest absolute Gasteiger partial charge is 0.383 e. The minimum Gasteiger partial charge on any atom is -0.383 e. The zero-order valence-corrected chi connectivity index (χ0v) is 6.78. The van der Waals surface area contributed by atoms with Crippen molar-refractivity contribution in [2.75, 3.05) is 5.73 Å². The van der Waals surface area contributed by atoms with Gasteiger partial charge in [-0.15, -0.1) is 0 Å². The van der Waals surface area contributed by atoms with E-state index in [0.29, 0.717) is 5.82 Å². The lowest BCUT2D eigenvalue weighted by molar-refractivity contribution is 1.28. The summed E-state index contributed by atoms with van der Waals surface area (Å²) in [6.45, 7) is 1.97. The highest BCUT2D eigenvalue weighted by atomic mass is 14.8. The average Bonchev–Trinajstić information content (AvgIpc) is 2.12. The molecule has 0 saturated heterocycles. The maximum atomic E-state index is 5.67. The van der Waals surface area contributed by atoms with E-state index < -0.39 is 0 Å². The molecule has 0 spiro atoms. The number of nitrogen functional groups attached to an aromatic ring is 1. The third kappa shape index (κ3) is 0.906. The SMILES string of the molecule is Cc1cnc(N)c2cccnc12. The lowest BCUT2D eigenvalue weighted by Crippen LogP contribution is -1.93. The van der Waals surface area contributed by atoms with Crippen LogP contribution in [0.1, 0.15) is 5.56 Å². The lowest BCUT2D eigenvalue weighted by Gasteiger charge is -2.01. The maximum absolute atomic E-state index is 5.67. The topological polar surface area (TPSA) is 51.8 Å². The summed E-state index contributed by atoms with van der Waals surface area (Å²) in [6, 6.07) is 3.79. The summed E-state index contributed by atoms with van der Waals surface area (Å²) in [7, 11) is 0. The molecule has 3 heteroatoms. The van der Waals surface area contributed by atoms with Crippen molar-refractivity contribution in [2.45, 2.75) is 6.92 Å². The van der Waals surface area contributed by atoms with E-state index >= 15 is 0 Å². The Hall–Kier alpha value is -1.64. The predicted octanol–water partition coefficient (Wildman–Crippen LogP) is 1.52. The number of aromatic nitrogens is 2. The van der Waals surface area contributed by atoms with E-state index in [0.717, 1.165) is 16.5 Å². The quantitative estimate of drug-likeness (QED) is 0.634. The second-order valence-electron chi connectivity index (χ2n) is 2.73. The fraction of sp³-hybridized carbons (Fsp3) is 0.111. The van der Waals surface area contributed by atoms with Gasteiger partial charge in [-0.2, -0.15) is 0 Å². The molecule has 60 valence electrons. The van der Waals surface area contributed by atoms with Gasteiger partial charge in [-0.05, 0) is 24.6 Å². The molecule has 2 aromatic rings. The summed E-state index contributed by atoms with van der Waals surface area (Å²) in [4.78, 5) is 8.27. The van der Waals surface area contributed by atoms with E-state index in [2.05, 4.69) is 9.97 Å². The number of rotatable bonds is 0. The maximum Gasteiger partial charge on any atom is 0.132 e. The summed E-state index contributed by atoms with van der Waals surface area (Å²) < 4.78 is 0. The van der Waals surface area contributed by atoms with Gasteiger partial charge in [0.2, 0.25) is 0 Å². The van der Waals surface area contributed by atoms with Crippen molar-refractivity contribution < 1.29 is 0 Å². The normalized spacial score (nSPS) is 10.4. The molecule has 0 aromatic carbocycles. The molecule has 3 nitrogen and oxygen atoms in total. The summed E-state index contributed by atoms with van der Waals surface area (Å²) in [5, 5.41) is 0.928. The Labute approximate surface area is 70.3 Å². The van der Waals surface area contributed by atoms with E-state index in [1.807, 2.05) is 19.1 Å². The number of anilines is 1. The van der Waals surface area contributed by atoms with Crippen LogP contribution >= 0.6 is 0 Å². The first-order chi connectivity index (χ1) is 5.79. The number of pyridine rings is 2. The molecular weight excluding hydrogens is 150 g/mol. The Balaban J connectivity index is 2.95. The fourth-order valence-corrected chi connectivity index (χ4v) is 1.22. The average molecular weight is 159 g/mol. The standard InChI is InChI=1S/C9H9N3/c1-6-5-12-9(10)7-3-2-4-11-8(6)7/h2-5H,1H3,(H2,10,12). The molecule has 0 fully saturated rings. The highest BCUT2D eigenvalue weighted by Gasteiger charge is 2.00. The van der Waals surface area contributed by atoms with Crippen LogP contribution in [0.2, 0.25) is 0 Å². The first-order valence-corrected chi connectivity index (χ1v) is 3.75. The monoisotopic (exact) mass is 159 g/mol. The van der Waals surface area contributed by atoms with E-state index in [-0.39, 0.29) is 0 Å². The minimum atomic E-state index is 0.545. The van der Waals surface area contributed by atoms with Gasteiger partial charge in [0.15, 0.2) is 0 Å². The van der Waals surface area contributed by atoms with Gasteiger partial charge in [-0.3, -0.25) is 4.98 Å². The van der Waals surface area contributed by atoms with Crippen molar-refractivity contribution in [2.24, 2.45) is 0 Å². The summed E-state index contributed by atoms with van der Waals surface area (Å²) in [6.07, 6.45) is 3.50. The first kappa shape index (κ1) is 7.03. The molecule has 12 heavy (non-hydrogen) atoms. The van der Waals surface area contributed by atoms with Crippen molar-refractivity contribution in [3.05, 3.63) is 30.1 Å². The van der Waals surface area contributed by atoms with Crippen molar-refractivity contribution in [3.63, 3.8) is 0 Å². The van der Waals surface area contributed by atoms with E-state index in [1.54, 1.807) is 12.4 Å². The van der Waals surface area contributed by atoms with Crippen LogP contribution in [0.3, 0.4) is 0 Å². The van der Waals surface area contributed by atoms with Crippen molar-refractivity contribution in [3.8, 4) is 0 Å². The van der Waals surface area contributed by atoms with Gasteiger partial charge in [-0.25, -0.2) is 4.98 Å². The molecule has 0 radical (unpaired) electrons. The van der Waals surface area contributed by atoms with E-state index in [1.165, 1.54) is 0 Å². The van der Waals surface area contributed by atoms with Gasteiger partial charge in [0, 0.05) is 17.8 Å². The molecule has 0 atom stereocenters. The third-order valence-electron chi connectivity index (χ3n) is 1.85. The number of aryl methyl sites for hydroxylation is 1. The zero-order chi connectivity index (χ0) is 8.55. The number of nitrogens with two attached hydrogens (primary N) is 1. The summed E-state index contributed by atoms with van der Waals surface area (Å²) in [5.41, 5.74) is 7.66. The molecule has 0 saturated carbocycles. The Morgan fingerprint density at radius 1 is 1.33 bits per heavy atom. The van der Waals surface area contributed by atoms with Crippen molar-refractivity contribution >= 4 is 16.7 Å². The molecule has 0 bridgehead atoms. The lowest BCUT2D eigenvalue weighted by atomic mass is 10.2. The number of hydrogen-bond acceptors (Lipinski definition) is 3. The molecule has 0 amide bonds. The predicted molar refractivity (Wildman–Crippen MR) is 48.7 cm³/mol. The fourth-order valence-electron chi connectivity index (χ4n) is 1.22. The van der Waals surface area contributed by atoms with Crippen LogP contribution in [0.5, 0.6) is 0 Å². The molecule has 2 aromatic heterocycles.